The number of carbonyl (C=O) groups is 2. The third-order valence-corrected chi connectivity index (χ3v) is 5.78. The average molecular weight is 497 g/mol. The molecule has 0 spiro atoms. The van der Waals surface area contributed by atoms with Crippen LogP contribution in [0.25, 0.3) is 0 Å². The first kappa shape index (κ1) is 30.4. The van der Waals surface area contributed by atoms with E-state index in [9.17, 15) is 9.59 Å². The Hall–Kier alpha value is -1.61. The van der Waals surface area contributed by atoms with Gasteiger partial charge in [-0.25, -0.2) is 0 Å². The lowest BCUT2D eigenvalue weighted by Crippen LogP contribution is -2.24. The molecule has 0 fully saturated rings. The van der Waals surface area contributed by atoms with E-state index in [-0.39, 0.29) is 11.8 Å². The molecular formula is C26H44N2O5S. The summed E-state index contributed by atoms with van der Waals surface area (Å²) in [6.07, 6.45) is 5.80. The number of ether oxygens (including phenoxy) is 3. The second kappa shape index (κ2) is 20.7. The molecule has 194 valence electrons. The lowest BCUT2D eigenvalue weighted by Gasteiger charge is -2.13. The summed E-state index contributed by atoms with van der Waals surface area (Å²) in [6.45, 7) is 11.0. The summed E-state index contributed by atoms with van der Waals surface area (Å²) in [4.78, 5) is 25.8. The first-order chi connectivity index (χ1) is 16.6. The van der Waals surface area contributed by atoms with Gasteiger partial charge in [-0.3, -0.25) is 9.59 Å². The molecule has 2 N–H and O–H groups in total. The van der Waals surface area contributed by atoms with Crippen molar-refractivity contribution in [2.24, 2.45) is 0 Å². The average Bonchev–Trinajstić information content (AvgIpc) is 2.83. The van der Waals surface area contributed by atoms with E-state index < -0.39 is 0 Å². The molecule has 34 heavy (non-hydrogen) atoms. The predicted molar refractivity (Wildman–Crippen MR) is 140 cm³/mol. The standard InChI is InChI=1S/C26H44N2O5S/c1-4-7-14-27-26(30)22-12-13-24(34-6-3)23(21-22)28-25(29)11-8-16-32-18-10-20-33-19-9-17-31-15-5-2/h12-13,21H,4-11,14-20H2,1-3H3,(H,27,30)(H,28,29). The van der Waals surface area contributed by atoms with Gasteiger partial charge < -0.3 is 24.8 Å². The van der Waals surface area contributed by atoms with Gasteiger partial charge in [0.1, 0.15) is 0 Å². The fourth-order valence-corrected chi connectivity index (χ4v) is 3.80. The monoisotopic (exact) mass is 496 g/mol. The molecular weight excluding hydrogens is 452 g/mol. The molecule has 0 heterocycles. The summed E-state index contributed by atoms with van der Waals surface area (Å²) in [5, 5.41) is 5.90. The van der Waals surface area contributed by atoms with Crippen LogP contribution in [-0.2, 0) is 19.0 Å². The SMILES string of the molecule is CCCCNC(=O)c1ccc(SCC)c(NC(=O)CCCOCCCOCCCOCCC)c1. The van der Waals surface area contributed by atoms with E-state index in [0.29, 0.717) is 57.1 Å². The van der Waals surface area contributed by atoms with Crippen molar-refractivity contribution in [1.29, 1.82) is 0 Å². The van der Waals surface area contributed by atoms with Crippen LogP contribution in [0, 0.1) is 0 Å². The Labute approximate surface area is 210 Å². The zero-order valence-electron chi connectivity index (χ0n) is 21.3. The van der Waals surface area contributed by atoms with Crippen molar-refractivity contribution in [3.63, 3.8) is 0 Å². The fraction of sp³-hybridized carbons (Fsp3) is 0.692. The third kappa shape index (κ3) is 14.6. The number of anilines is 1. The quantitative estimate of drug-likeness (QED) is 0.178. The molecule has 0 aliphatic rings. The lowest BCUT2D eigenvalue weighted by molar-refractivity contribution is -0.116. The summed E-state index contributed by atoms with van der Waals surface area (Å²) < 4.78 is 16.6. The number of rotatable bonds is 21. The fourth-order valence-electron chi connectivity index (χ4n) is 3.06. The minimum atomic E-state index is -0.112. The highest BCUT2D eigenvalue weighted by Crippen LogP contribution is 2.28. The highest BCUT2D eigenvalue weighted by molar-refractivity contribution is 7.99. The van der Waals surface area contributed by atoms with Crippen LogP contribution in [0.4, 0.5) is 5.69 Å². The number of thioether (sulfide) groups is 1. The topological polar surface area (TPSA) is 85.9 Å². The molecule has 1 aromatic rings. The largest absolute Gasteiger partial charge is 0.381 e. The van der Waals surface area contributed by atoms with E-state index in [1.54, 1.807) is 17.8 Å². The molecule has 1 aromatic carbocycles. The van der Waals surface area contributed by atoms with E-state index in [1.165, 1.54) is 0 Å². The zero-order chi connectivity index (χ0) is 24.9. The number of hydrogen-bond donors (Lipinski definition) is 2. The van der Waals surface area contributed by atoms with Gasteiger partial charge in [-0.05, 0) is 56.1 Å². The van der Waals surface area contributed by atoms with Crippen molar-refractivity contribution in [2.75, 3.05) is 57.3 Å². The first-order valence-electron chi connectivity index (χ1n) is 12.7. The molecule has 0 aromatic heterocycles. The number of carbonyl (C=O) groups excluding carboxylic acids is 2. The Morgan fingerprint density at radius 1 is 0.824 bits per heavy atom. The number of amides is 2. The van der Waals surface area contributed by atoms with Crippen LogP contribution in [0.3, 0.4) is 0 Å². The minimum Gasteiger partial charge on any atom is -0.381 e. The summed E-state index contributed by atoms with van der Waals surface area (Å²) in [5.41, 5.74) is 1.25. The van der Waals surface area contributed by atoms with E-state index >= 15 is 0 Å². The molecule has 7 nitrogen and oxygen atoms in total. The third-order valence-electron chi connectivity index (χ3n) is 4.83. The van der Waals surface area contributed by atoms with Crippen LogP contribution in [0.1, 0.15) is 76.1 Å². The summed E-state index contributed by atoms with van der Waals surface area (Å²) in [6, 6.07) is 5.48. The smallest absolute Gasteiger partial charge is 0.251 e. The highest BCUT2D eigenvalue weighted by Gasteiger charge is 2.12. The van der Waals surface area contributed by atoms with Gasteiger partial charge in [0, 0.05) is 63.1 Å². The van der Waals surface area contributed by atoms with Gasteiger partial charge in [0.15, 0.2) is 0 Å². The molecule has 0 aliphatic carbocycles. The molecule has 1 rings (SSSR count). The minimum absolute atomic E-state index is 0.0706. The molecule has 0 aliphatic heterocycles. The van der Waals surface area contributed by atoms with Crippen molar-refractivity contribution >= 4 is 29.3 Å². The predicted octanol–water partition coefficient (Wildman–Crippen LogP) is 5.29. The van der Waals surface area contributed by atoms with Crippen molar-refractivity contribution < 1.29 is 23.8 Å². The molecule has 0 saturated carbocycles. The second-order valence-electron chi connectivity index (χ2n) is 7.95. The van der Waals surface area contributed by atoms with Gasteiger partial charge >= 0.3 is 0 Å². The molecule has 0 atom stereocenters. The van der Waals surface area contributed by atoms with Crippen LogP contribution >= 0.6 is 11.8 Å². The molecule has 2 amide bonds. The van der Waals surface area contributed by atoms with Gasteiger partial charge in [0.25, 0.3) is 5.91 Å². The maximum Gasteiger partial charge on any atom is 0.251 e. The molecule has 0 bridgehead atoms. The molecule has 0 saturated heterocycles. The van der Waals surface area contributed by atoms with E-state index in [0.717, 1.165) is 56.0 Å². The number of nitrogens with one attached hydrogen (secondary N) is 2. The Morgan fingerprint density at radius 3 is 2.09 bits per heavy atom. The Balaban J connectivity index is 2.26. The number of benzene rings is 1. The molecule has 0 radical (unpaired) electrons. The second-order valence-corrected chi connectivity index (χ2v) is 9.26. The van der Waals surface area contributed by atoms with E-state index in [4.69, 9.17) is 14.2 Å². The zero-order valence-corrected chi connectivity index (χ0v) is 22.1. The summed E-state index contributed by atoms with van der Waals surface area (Å²) in [5.74, 6) is 0.702. The van der Waals surface area contributed by atoms with Crippen LogP contribution in [-0.4, -0.2) is 63.8 Å². The van der Waals surface area contributed by atoms with Gasteiger partial charge in [0.05, 0.1) is 5.69 Å². The summed E-state index contributed by atoms with van der Waals surface area (Å²) >= 11 is 1.64. The lowest BCUT2D eigenvalue weighted by atomic mass is 10.1. The summed E-state index contributed by atoms with van der Waals surface area (Å²) in [7, 11) is 0. The van der Waals surface area contributed by atoms with E-state index in [2.05, 4.69) is 31.4 Å². The number of hydrogen-bond acceptors (Lipinski definition) is 6. The normalized spacial score (nSPS) is 10.9. The van der Waals surface area contributed by atoms with Gasteiger partial charge in [0.2, 0.25) is 5.91 Å². The van der Waals surface area contributed by atoms with Gasteiger partial charge in [-0.1, -0.05) is 27.2 Å². The van der Waals surface area contributed by atoms with Gasteiger partial charge in [-0.2, -0.15) is 0 Å². The highest BCUT2D eigenvalue weighted by atomic mass is 32.2. The van der Waals surface area contributed by atoms with Crippen molar-refractivity contribution in [2.45, 2.75) is 70.6 Å². The van der Waals surface area contributed by atoms with Crippen molar-refractivity contribution in [1.82, 2.24) is 5.32 Å². The Morgan fingerprint density at radius 2 is 1.47 bits per heavy atom. The van der Waals surface area contributed by atoms with E-state index in [1.807, 2.05) is 12.1 Å². The molecule has 8 heteroatoms. The van der Waals surface area contributed by atoms with Crippen LogP contribution < -0.4 is 10.6 Å². The van der Waals surface area contributed by atoms with Crippen LogP contribution in [0.5, 0.6) is 0 Å². The number of unbranched alkanes of at least 4 members (excludes halogenated alkanes) is 1. The maximum atomic E-state index is 12.5. The Bertz CT molecular complexity index is 687. The Kier molecular flexibility index (Phi) is 18.6. The van der Waals surface area contributed by atoms with Gasteiger partial charge in [-0.15, -0.1) is 11.8 Å². The maximum absolute atomic E-state index is 12.5. The van der Waals surface area contributed by atoms with Crippen molar-refractivity contribution in [3.8, 4) is 0 Å². The van der Waals surface area contributed by atoms with Crippen molar-refractivity contribution in [3.05, 3.63) is 23.8 Å². The van der Waals surface area contributed by atoms with Crippen LogP contribution in [0.2, 0.25) is 0 Å². The first-order valence-corrected chi connectivity index (χ1v) is 13.7. The molecule has 0 unspecified atom stereocenters. The van der Waals surface area contributed by atoms with Crippen LogP contribution in [0.15, 0.2) is 23.1 Å².